The molecule has 0 saturated carbocycles. The van der Waals surface area contributed by atoms with E-state index in [2.05, 4.69) is 11.9 Å². The van der Waals surface area contributed by atoms with Crippen LogP contribution in [0.25, 0.3) is 0 Å². The largest absolute Gasteiger partial charge is 0.354 e. The number of methoxy groups -OCH3 is 2. The molecule has 0 spiro atoms. The van der Waals surface area contributed by atoms with Crippen molar-refractivity contribution in [2.75, 3.05) is 20.8 Å². The molecule has 1 N–H and O–H groups in total. The van der Waals surface area contributed by atoms with Gasteiger partial charge in [-0.25, -0.2) is 0 Å². The molecular weight excluding hydrogens is 142 g/mol. The van der Waals surface area contributed by atoms with Gasteiger partial charge in [0, 0.05) is 20.8 Å². The Bertz CT molecular complexity index is 143. The molecule has 1 aliphatic rings. The van der Waals surface area contributed by atoms with Crippen LogP contribution in [0.2, 0.25) is 0 Å². The summed E-state index contributed by atoms with van der Waals surface area (Å²) in [6.07, 6.45) is 0.807. The summed E-state index contributed by atoms with van der Waals surface area (Å²) in [5, 5.41) is 3.26. The van der Waals surface area contributed by atoms with Crippen LogP contribution in [0, 0.1) is 0 Å². The third-order valence-corrected chi connectivity index (χ3v) is 1.92. The Morgan fingerprint density at radius 2 is 2.18 bits per heavy atom. The van der Waals surface area contributed by atoms with Gasteiger partial charge in [-0.1, -0.05) is 12.2 Å². The second kappa shape index (κ2) is 3.85. The summed E-state index contributed by atoms with van der Waals surface area (Å²) in [5.41, 5.74) is 1.22. The van der Waals surface area contributed by atoms with Gasteiger partial charge in [0.05, 0.1) is 6.04 Å². The average molecular weight is 157 g/mol. The van der Waals surface area contributed by atoms with Gasteiger partial charge >= 0.3 is 0 Å². The van der Waals surface area contributed by atoms with Crippen molar-refractivity contribution < 1.29 is 9.47 Å². The molecule has 11 heavy (non-hydrogen) atoms. The summed E-state index contributed by atoms with van der Waals surface area (Å²) in [4.78, 5) is 0. The van der Waals surface area contributed by atoms with Crippen LogP contribution in [0.3, 0.4) is 0 Å². The molecule has 0 aromatic heterocycles. The fourth-order valence-electron chi connectivity index (χ4n) is 1.35. The van der Waals surface area contributed by atoms with Crippen molar-refractivity contribution in [3.8, 4) is 0 Å². The summed E-state index contributed by atoms with van der Waals surface area (Å²) in [6, 6.07) is 0.275. The van der Waals surface area contributed by atoms with Crippen molar-refractivity contribution in [1.29, 1.82) is 0 Å². The maximum Gasteiger partial charge on any atom is 0.172 e. The van der Waals surface area contributed by atoms with Crippen molar-refractivity contribution in [2.45, 2.75) is 18.8 Å². The Kier molecular flexibility index (Phi) is 3.05. The summed E-state index contributed by atoms with van der Waals surface area (Å²) in [6.45, 7) is 4.76. The van der Waals surface area contributed by atoms with Gasteiger partial charge in [-0.3, -0.25) is 0 Å². The summed E-state index contributed by atoms with van der Waals surface area (Å²) < 4.78 is 10.2. The first-order valence-electron chi connectivity index (χ1n) is 3.73. The molecule has 0 aromatic rings. The lowest BCUT2D eigenvalue weighted by molar-refractivity contribution is -0.119. The van der Waals surface area contributed by atoms with Gasteiger partial charge in [-0.15, -0.1) is 0 Å². The lowest BCUT2D eigenvalue weighted by Gasteiger charge is -2.19. The van der Waals surface area contributed by atoms with Gasteiger partial charge in [0.1, 0.15) is 0 Å². The van der Waals surface area contributed by atoms with E-state index in [1.165, 1.54) is 5.57 Å². The molecule has 1 atom stereocenters. The average Bonchev–Trinajstić information content (AvgIpc) is 2.39. The van der Waals surface area contributed by atoms with Crippen molar-refractivity contribution in [2.24, 2.45) is 0 Å². The smallest absolute Gasteiger partial charge is 0.172 e. The molecule has 0 bridgehead atoms. The maximum atomic E-state index is 5.11. The predicted octanol–water partition coefficient (Wildman–Crippen LogP) is 0.523. The van der Waals surface area contributed by atoms with Crippen molar-refractivity contribution in [3.63, 3.8) is 0 Å². The van der Waals surface area contributed by atoms with Gasteiger partial charge < -0.3 is 14.8 Å². The third-order valence-electron chi connectivity index (χ3n) is 1.92. The van der Waals surface area contributed by atoms with Crippen molar-refractivity contribution >= 4 is 0 Å². The molecule has 3 heteroatoms. The first kappa shape index (κ1) is 8.71. The second-order valence-electron chi connectivity index (χ2n) is 2.78. The zero-order valence-corrected chi connectivity index (χ0v) is 7.09. The first-order valence-corrected chi connectivity index (χ1v) is 3.73. The molecule has 1 rings (SSSR count). The van der Waals surface area contributed by atoms with Crippen LogP contribution in [0.1, 0.15) is 6.42 Å². The monoisotopic (exact) mass is 157 g/mol. The minimum Gasteiger partial charge on any atom is -0.354 e. The van der Waals surface area contributed by atoms with Gasteiger partial charge in [-0.2, -0.15) is 0 Å². The molecule has 64 valence electrons. The third kappa shape index (κ3) is 2.02. The van der Waals surface area contributed by atoms with Gasteiger partial charge in [0.25, 0.3) is 0 Å². The van der Waals surface area contributed by atoms with E-state index in [0.29, 0.717) is 0 Å². The van der Waals surface area contributed by atoms with Crippen LogP contribution in [0.15, 0.2) is 12.2 Å². The summed E-state index contributed by atoms with van der Waals surface area (Å²) in [5.74, 6) is 0. The van der Waals surface area contributed by atoms with Crippen molar-refractivity contribution in [1.82, 2.24) is 5.32 Å². The fourth-order valence-corrected chi connectivity index (χ4v) is 1.35. The zero-order valence-electron chi connectivity index (χ0n) is 7.09. The first-order chi connectivity index (χ1) is 5.27. The van der Waals surface area contributed by atoms with Crippen LogP contribution in [-0.2, 0) is 9.47 Å². The Labute approximate surface area is 67.4 Å². The van der Waals surface area contributed by atoms with Crippen LogP contribution in [-0.4, -0.2) is 33.1 Å². The molecule has 1 fully saturated rings. The van der Waals surface area contributed by atoms with E-state index < -0.39 is 0 Å². The zero-order chi connectivity index (χ0) is 8.27. The van der Waals surface area contributed by atoms with Crippen molar-refractivity contribution in [3.05, 3.63) is 12.2 Å². The van der Waals surface area contributed by atoms with E-state index in [4.69, 9.17) is 9.47 Å². The number of ether oxygens (including phenoxy) is 2. The van der Waals surface area contributed by atoms with Crippen LogP contribution >= 0.6 is 0 Å². The fraction of sp³-hybridized carbons (Fsp3) is 0.750. The number of hydrogen-bond acceptors (Lipinski definition) is 3. The molecular formula is C8H15NO2. The predicted molar refractivity (Wildman–Crippen MR) is 43.4 cm³/mol. The topological polar surface area (TPSA) is 30.5 Å². The molecule has 0 radical (unpaired) electrons. The summed E-state index contributed by atoms with van der Waals surface area (Å²) in [7, 11) is 3.30. The highest BCUT2D eigenvalue weighted by Crippen LogP contribution is 2.15. The van der Waals surface area contributed by atoms with Gasteiger partial charge in [0.15, 0.2) is 6.29 Å². The Morgan fingerprint density at radius 3 is 2.55 bits per heavy atom. The molecule has 1 saturated heterocycles. The normalized spacial score (nSPS) is 25.0. The highest BCUT2D eigenvalue weighted by molar-refractivity contribution is 5.07. The molecule has 0 aromatic carbocycles. The minimum atomic E-state index is -0.144. The van der Waals surface area contributed by atoms with E-state index >= 15 is 0 Å². The molecule has 0 amide bonds. The standard InChI is InChI=1S/C8H15NO2/c1-6-4-7(9-5-6)8(10-2)11-3/h7-9H,1,4-5H2,2-3H3. The van der Waals surface area contributed by atoms with E-state index in [0.717, 1.165) is 13.0 Å². The SMILES string of the molecule is C=C1CNC(C(OC)OC)C1. The van der Waals surface area contributed by atoms with Crippen LogP contribution in [0.5, 0.6) is 0 Å². The van der Waals surface area contributed by atoms with Gasteiger partial charge in [0.2, 0.25) is 0 Å². The maximum absolute atomic E-state index is 5.11. The van der Waals surface area contributed by atoms with Crippen LogP contribution < -0.4 is 5.32 Å². The lowest BCUT2D eigenvalue weighted by Crippen LogP contribution is -2.37. The Hall–Kier alpha value is -0.380. The number of rotatable bonds is 3. The highest BCUT2D eigenvalue weighted by Gasteiger charge is 2.25. The molecule has 1 unspecified atom stereocenters. The molecule has 3 nitrogen and oxygen atoms in total. The Balaban J connectivity index is 2.40. The second-order valence-corrected chi connectivity index (χ2v) is 2.78. The summed E-state index contributed by atoms with van der Waals surface area (Å²) >= 11 is 0. The van der Waals surface area contributed by atoms with Crippen LogP contribution in [0.4, 0.5) is 0 Å². The quantitative estimate of drug-likeness (QED) is 0.478. The number of nitrogens with one attached hydrogen (secondary N) is 1. The number of hydrogen-bond donors (Lipinski definition) is 1. The Morgan fingerprint density at radius 1 is 1.55 bits per heavy atom. The minimum absolute atomic E-state index is 0.144. The molecule has 1 heterocycles. The van der Waals surface area contributed by atoms with E-state index in [1.807, 2.05) is 0 Å². The van der Waals surface area contributed by atoms with E-state index in [-0.39, 0.29) is 12.3 Å². The lowest BCUT2D eigenvalue weighted by atomic mass is 10.2. The van der Waals surface area contributed by atoms with E-state index in [1.54, 1.807) is 14.2 Å². The van der Waals surface area contributed by atoms with E-state index in [9.17, 15) is 0 Å². The highest BCUT2D eigenvalue weighted by atomic mass is 16.7. The van der Waals surface area contributed by atoms with Gasteiger partial charge in [-0.05, 0) is 6.42 Å². The molecule has 1 aliphatic heterocycles. The molecule has 0 aliphatic carbocycles.